The summed E-state index contributed by atoms with van der Waals surface area (Å²) >= 11 is 0. The minimum atomic E-state index is -0.00625. The monoisotopic (exact) mass is 177 g/mol. The predicted molar refractivity (Wildman–Crippen MR) is 53.4 cm³/mol. The summed E-state index contributed by atoms with van der Waals surface area (Å²) in [5.74, 6) is 0. The van der Waals surface area contributed by atoms with Crippen molar-refractivity contribution in [3.8, 4) is 0 Å². The Labute approximate surface area is 78.7 Å². The normalized spacial score (nSPS) is 19.5. The fourth-order valence-electron chi connectivity index (χ4n) is 1.90. The van der Waals surface area contributed by atoms with Gasteiger partial charge in [0.15, 0.2) is 0 Å². The van der Waals surface area contributed by atoms with Crippen molar-refractivity contribution in [3.05, 3.63) is 29.8 Å². The van der Waals surface area contributed by atoms with Gasteiger partial charge in [-0.1, -0.05) is 12.1 Å². The summed E-state index contributed by atoms with van der Waals surface area (Å²) in [7, 11) is 1.79. The summed E-state index contributed by atoms with van der Waals surface area (Å²) in [6.45, 7) is 0. The van der Waals surface area contributed by atoms with Crippen molar-refractivity contribution in [1.82, 2.24) is 0 Å². The van der Waals surface area contributed by atoms with E-state index in [1.807, 2.05) is 12.1 Å². The van der Waals surface area contributed by atoms with Crippen LogP contribution in [0.3, 0.4) is 0 Å². The van der Waals surface area contributed by atoms with Crippen LogP contribution in [0.4, 0.5) is 5.69 Å². The van der Waals surface area contributed by atoms with Gasteiger partial charge >= 0.3 is 0 Å². The maximum absolute atomic E-state index is 5.63. The van der Waals surface area contributed by atoms with Crippen LogP contribution in [0.25, 0.3) is 0 Å². The highest BCUT2D eigenvalue weighted by atomic mass is 16.5. The molecule has 1 aromatic rings. The van der Waals surface area contributed by atoms with Gasteiger partial charge in [-0.3, -0.25) is 0 Å². The standard InChI is InChI=1S/C11H15NO/c1-13-11(7-2-8-11)9-3-5-10(12)6-4-9/h3-6H,2,7-8,12H2,1H3. The minimum absolute atomic E-state index is 0.00625. The van der Waals surface area contributed by atoms with Crippen molar-refractivity contribution in [2.75, 3.05) is 12.8 Å². The Kier molecular flexibility index (Phi) is 2.00. The zero-order chi connectivity index (χ0) is 9.31. The van der Waals surface area contributed by atoms with Gasteiger partial charge in [-0.15, -0.1) is 0 Å². The molecule has 0 saturated heterocycles. The fourth-order valence-corrected chi connectivity index (χ4v) is 1.90. The molecule has 0 spiro atoms. The van der Waals surface area contributed by atoms with Crippen molar-refractivity contribution in [2.45, 2.75) is 24.9 Å². The molecule has 70 valence electrons. The molecular weight excluding hydrogens is 162 g/mol. The van der Waals surface area contributed by atoms with E-state index >= 15 is 0 Å². The summed E-state index contributed by atoms with van der Waals surface area (Å²) in [6.07, 6.45) is 3.53. The Balaban J connectivity index is 2.28. The largest absolute Gasteiger partial charge is 0.399 e. The van der Waals surface area contributed by atoms with Crippen molar-refractivity contribution < 1.29 is 4.74 Å². The van der Waals surface area contributed by atoms with Crippen molar-refractivity contribution in [3.63, 3.8) is 0 Å². The topological polar surface area (TPSA) is 35.2 Å². The van der Waals surface area contributed by atoms with E-state index in [2.05, 4.69) is 12.1 Å². The van der Waals surface area contributed by atoms with Crippen LogP contribution in [0.15, 0.2) is 24.3 Å². The summed E-state index contributed by atoms with van der Waals surface area (Å²) in [5, 5.41) is 0. The quantitative estimate of drug-likeness (QED) is 0.703. The van der Waals surface area contributed by atoms with Crippen molar-refractivity contribution in [1.29, 1.82) is 0 Å². The van der Waals surface area contributed by atoms with E-state index in [0.29, 0.717) is 0 Å². The van der Waals surface area contributed by atoms with E-state index in [0.717, 1.165) is 18.5 Å². The van der Waals surface area contributed by atoms with Crippen LogP contribution in [0.5, 0.6) is 0 Å². The first-order chi connectivity index (χ1) is 6.27. The second-order valence-corrected chi connectivity index (χ2v) is 3.67. The lowest BCUT2D eigenvalue weighted by molar-refractivity contribution is -0.0778. The highest BCUT2D eigenvalue weighted by molar-refractivity contribution is 5.41. The number of nitrogen functional groups attached to an aromatic ring is 1. The average molecular weight is 177 g/mol. The Morgan fingerprint density at radius 3 is 2.23 bits per heavy atom. The molecule has 0 unspecified atom stereocenters. The molecule has 0 heterocycles. The molecule has 2 nitrogen and oxygen atoms in total. The molecule has 2 rings (SSSR count). The third-order valence-corrected chi connectivity index (χ3v) is 2.99. The highest BCUT2D eigenvalue weighted by Crippen LogP contribution is 2.44. The summed E-state index contributed by atoms with van der Waals surface area (Å²) in [6, 6.07) is 8.01. The van der Waals surface area contributed by atoms with Crippen LogP contribution in [0, 0.1) is 0 Å². The first-order valence-corrected chi connectivity index (χ1v) is 4.68. The molecule has 2 heteroatoms. The van der Waals surface area contributed by atoms with Gasteiger partial charge in [0.2, 0.25) is 0 Å². The SMILES string of the molecule is COC1(c2ccc(N)cc2)CCC1. The molecule has 2 N–H and O–H groups in total. The molecule has 0 amide bonds. The average Bonchev–Trinajstić information content (AvgIpc) is 2.07. The van der Waals surface area contributed by atoms with Crippen LogP contribution < -0.4 is 5.73 Å². The summed E-state index contributed by atoms with van der Waals surface area (Å²) in [5.41, 5.74) is 7.70. The first kappa shape index (κ1) is 8.57. The van der Waals surface area contributed by atoms with E-state index in [-0.39, 0.29) is 5.60 Å². The van der Waals surface area contributed by atoms with Gasteiger partial charge < -0.3 is 10.5 Å². The molecule has 0 radical (unpaired) electrons. The molecule has 13 heavy (non-hydrogen) atoms. The lowest BCUT2D eigenvalue weighted by atomic mass is 9.75. The van der Waals surface area contributed by atoms with Gasteiger partial charge in [0.05, 0.1) is 5.60 Å². The lowest BCUT2D eigenvalue weighted by Gasteiger charge is -2.41. The molecule has 1 aliphatic carbocycles. The van der Waals surface area contributed by atoms with E-state index < -0.39 is 0 Å². The third-order valence-electron chi connectivity index (χ3n) is 2.99. The molecule has 0 aliphatic heterocycles. The zero-order valence-electron chi connectivity index (χ0n) is 7.92. The van der Waals surface area contributed by atoms with Crippen LogP contribution in [-0.2, 0) is 10.3 Å². The number of hydrogen-bond acceptors (Lipinski definition) is 2. The van der Waals surface area contributed by atoms with Crippen molar-refractivity contribution >= 4 is 5.69 Å². The van der Waals surface area contributed by atoms with Gasteiger partial charge in [0.1, 0.15) is 0 Å². The Morgan fingerprint density at radius 1 is 1.23 bits per heavy atom. The van der Waals surface area contributed by atoms with Crippen LogP contribution in [0.2, 0.25) is 0 Å². The number of anilines is 1. The Morgan fingerprint density at radius 2 is 1.85 bits per heavy atom. The number of methoxy groups -OCH3 is 1. The van der Waals surface area contributed by atoms with Crippen molar-refractivity contribution in [2.24, 2.45) is 0 Å². The van der Waals surface area contributed by atoms with Crippen LogP contribution >= 0.6 is 0 Å². The van der Waals surface area contributed by atoms with Gasteiger partial charge in [-0.2, -0.15) is 0 Å². The molecule has 1 saturated carbocycles. The smallest absolute Gasteiger partial charge is 0.0927 e. The molecular formula is C11H15NO. The maximum atomic E-state index is 5.63. The molecule has 0 bridgehead atoms. The summed E-state index contributed by atoms with van der Waals surface area (Å²) < 4.78 is 5.56. The lowest BCUT2D eigenvalue weighted by Crippen LogP contribution is -2.35. The Hall–Kier alpha value is -1.02. The molecule has 1 fully saturated rings. The van der Waals surface area contributed by atoms with Crippen LogP contribution in [-0.4, -0.2) is 7.11 Å². The second kappa shape index (κ2) is 3.04. The van der Waals surface area contributed by atoms with Gasteiger partial charge in [-0.05, 0) is 37.0 Å². The van der Waals surface area contributed by atoms with Gasteiger partial charge in [-0.25, -0.2) is 0 Å². The maximum Gasteiger partial charge on any atom is 0.0927 e. The van der Waals surface area contributed by atoms with E-state index in [1.165, 1.54) is 12.0 Å². The molecule has 1 aliphatic rings. The Bertz CT molecular complexity index is 282. The molecule has 0 atom stereocenters. The number of benzene rings is 1. The van der Waals surface area contributed by atoms with Gasteiger partial charge in [0.25, 0.3) is 0 Å². The fraction of sp³-hybridized carbons (Fsp3) is 0.455. The first-order valence-electron chi connectivity index (χ1n) is 4.68. The highest BCUT2D eigenvalue weighted by Gasteiger charge is 2.38. The predicted octanol–water partition coefficient (Wildman–Crippen LogP) is 2.29. The van der Waals surface area contributed by atoms with E-state index in [4.69, 9.17) is 10.5 Å². The van der Waals surface area contributed by atoms with Crippen LogP contribution in [0.1, 0.15) is 24.8 Å². The van der Waals surface area contributed by atoms with E-state index in [1.54, 1.807) is 7.11 Å². The number of hydrogen-bond donors (Lipinski definition) is 1. The van der Waals surface area contributed by atoms with E-state index in [9.17, 15) is 0 Å². The number of rotatable bonds is 2. The number of nitrogens with two attached hydrogens (primary N) is 1. The molecule has 0 aromatic heterocycles. The third kappa shape index (κ3) is 1.31. The summed E-state index contributed by atoms with van der Waals surface area (Å²) in [4.78, 5) is 0. The molecule has 1 aromatic carbocycles. The second-order valence-electron chi connectivity index (χ2n) is 3.67. The van der Waals surface area contributed by atoms with Gasteiger partial charge in [0, 0.05) is 12.8 Å². The number of ether oxygens (including phenoxy) is 1. The minimum Gasteiger partial charge on any atom is -0.399 e. The zero-order valence-corrected chi connectivity index (χ0v) is 7.92.